The number of fused-ring (bicyclic) bond motifs is 2. The van der Waals surface area contributed by atoms with Crippen molar-refractivity contribution in [2.45, 2.75) is 13.1 Å². The van der Waals surface area contributed by atoms with E-state index in [1.807, 2.05) is 19.0 Å². The first-order chi connectivity index (χ1) is 16.7. The van der Waals surface area contributed by atoms with Crippen LogP contribution in [-0.4, -0.2) is 50.4 Å². The second-order valence-electron chi connectivity index (χ2n) is 8.62. The number of benzene rings is 3. The third-order valence-corrected chi connectivity index (χ3v) is 6.38. The highest BCUT2D eigenvalue weighted by Crippen LogP contribution is 2.27. The zero-order valence-corrected chi connectivity index (χ0v) is 20.6. The summed E-state index contributed by atoms with van der Waals surface area (Å²) in [4.78, 5) is 47.4. The Morgan fingerprint density at radius 3 is 2.29 bits per heavy atom. The van der Waals surface area contributed by atoms with Crippen LogP contribution < -0.4 is 5.56 Å². The molecule has 2 amide bonds. The molecule has 0 bridgehead atoms. The molecule has 0 radical (unpaired) electrons. The van der Waals surface area contributed by atoms with E-state index < -0.39 is 11.8 Å². The summed E-state index contributed by atoms with van der Waals surface area (Å²) < 4.78 is 2.12. The molecule has 2 heterocycles. The Bertz CT molecular complexity index is 1540. The molecule has 8 nitrogen and oxygen atoms in total. The van der Waals surface area contributed by atoms with Crippen LogP contribution in [0.15, 0.2) is 69.9 Å². The van der Waals surface area contributed by atoms with Gasteiger partial charge in [0, 0.05) is 16.6 Å². The van der Waals surface area contributed by atoms with Gasteiger partial charge in [0.25, 0.3) is 17.4 Å². The van der Waals surface area contributed by atoms with Crippen molar-refractivity contribution in [2.75, 3.05) is 14.1 Å². The van der Waals surface area contributed by atoms with Crippen molar-refractivity contribution in [3.63, 3.8) is 0 Å². The number of phenolic OH excluding ortho intramolecular Hbond substituents is 1. The number of imide groups is 1. The fraction of sp³-hybridized carbons (Fsp3) is 0.154. The van der Waals surface area contributed by atoms with E-state index in [0.717, 1.165) is 9.37 Å². The van der Waals surface area contributed by atoms with Crippen LogP contribution in [0.1, 0.15) is 32.1 Å². The summed E-state index contributed by atoms with van der Waals surface area (Å²) in [5, 5.41) is 10.7. The lowest BCUT2D eigenvalue weighted by atomic mass is 10.1. The smallest absolute Gasteiger partial charge is 0.266 e. The molecule has 35 heavy (non-hydrogen) atoms. The number of hydrogen-bond acceptors (Lipinski definition) is 6. The Morgan fingerprint density at radius 1 is 0.943 bits per heavy atom. The number of amides is 2. The molecule has 1 aliphatic rings. The van der Waals surface area contributed by atoms with Crippen LogP contribution >= 0.6 is 15.9 Å². The molecule has 0 saturated heterocycles. The molecule has 4 aromatic rings. The third-order valence-electron chi connectivity index (χ3n) is 5.89. The molecule has 0 aliphatic carbocycles. The maximum atomic E-state index is 13.7. The van der Waals surface area contributed by atoms with Crippen LogP contribution in [0.25, 0.3) is 16.6 Å². The number of rotatable bonds is 5. The highest BCUT2D eigenvalue weighted by atomic mass is 79.9. The molecular weight excluding hydrogens is 512 g/mol. The average Bonchev–Trinajstić information content (AvgIpc) is 3.06. The van der Waals surface area contributed by atoms with E-state index in [1.54, 1.807) is 54.6 Å². The van der Waals surface area contributed by atoms with Gasteiger partial charge in [-0.2, -0.15) is 0 Å². The van der Waals surface area contributed by atoms with Crippen LogP contribution in [0.3, 0.4) is 0 Å². The zero-order chi connectivity index (χ0) is 24.9. The number of carbonyl (C=O) groups excluding carboxylic acids is 2. The van der Waals surface area contributed by atoms with Gasteiger partial charge in [-0.1, -0.05) is 28.1 Å². The summed E-state index contributed by atoms with van der Waals surface area (Å²) in [6.45, 7) is 0.270. The lowest BCUT2D eigenvalue weighted by Gasteiger charge is -2.19. The molecule has 0 spiro atoms. The number of nitrogens with zero attached hydrogens (tertiary/aromatic N) is 4. The molecule has 3 aromatic carbocycles. The quantitative estimate of drug-likeness (QED) is 0.393. The molecule has 0 fully saturated rings. The van der Waals surface area contributed by atoms with E-state index in [2.05, 4.69) is 20.9 Å². The van der Waals surface area contributed by atoms with Crippen molar-refractivity contribution >= 4 is 38.6 Å². The summed E-state index contributed by atoms with van der Waals surface area (Å²) in [5.74, 6) is -0.516. The van der Waals surface area contributed by atoms with E-state index >= 15 is 0 Å². The Hall–Kier alpha value is -3.82. The number of phenols is 1. The van der Waals surface area contributed by atoms with Gasteiger partial charge in [0.1, 0.15) is 11.6 Å². The highest BCUT2D eigenvalue weighted by molar-refractivity contribution is 9.10. The third kappa shape index (κ3) is 4.02. The summed E-state index contributed by atoms with van der Waals surface area (Å²) in [5.41, 5.74) is 1.87. The van der Waals surface area contributed by atoms with Crippen LogP contribution in [0.4, 0.5) is 0 Å². The molecule has 1 N–H and O–H groups in total. The summed E-state index contributed by atoms with van der Waals surface area (Å²) in [6.07, 6.45) is 0. The average molecular weight is 533 g/mol. The fourth-order valence-electron chi connectivity index (χ4n) is 4.28. The number of carbonyl (C=O) groups is 2. The number of aromatic nitrogens is 2. The van der Waals surface area contributed by atoms with Gasteiger partial charge in [0.05, 0.1) is 34.3 Å². The largest absolute Gasteiger partial charge is 0.508 e. The van der Waals surface area contributed by atoms with Gasteiger partial charge in [-0.05, 0) is 62.6 Å². The van der Waals surface area contributed by atoms with Gasteiger partial charge in [-0.15, -0.1) is 0 Å². The molecule has 0 saturated carbocycles. The fourth-order valence-corrected chi connectivity index (χ4v) is 4.64. The minimum atomic E-state index is -0.429. The summed E-state index contributed by atoms with van der Waals surface area (Å²) >= 11 is 3.41. The first-order valence-corrected chi connectivity index (χ1v) is 11.7. The summed E-state index contributed by atoms with van der Waals surface area (Å²) in [7, 11) is 3.75. The predicted octanol–water partition coefficient (Wildman–Crippen LogP) is 3.71. The van der Waals surface area contributed by atoms with Gasteiger partial charge in [0.15, 0.2) is 0 Å². The summed E-state index contributed by atoms with van der Waals surface area (Å²) in [6, 6.07) is 16.7. The Balaban J connectivity index is 1.69. The SMILES string of the molecule is CN(C)Cc1cc(-n2c(CN3C(=O)c4ccccc4C3=O)nc3ccc(Br)cc3c2=O)ccc1O. The lowest BCUT2D eigenvalue weighted by Crippen LogP contribution is -2.33. The van der Waals surface area contributed by atoms with Gasteiger partial charge >= 0.3 is 0 Å². The van der Waals surface area contributed by atoms with Gasteiger partial charge in [-0.25, -0.2) is 4.98 Å². The van der Waals surface area contributed by atoms with Crippen molar-refractivity contribution in [1.29, 1.82) is 0 Å². The number of halogens is 1. The van der Waals surface area contributed by atoms with Crippen LogP contribution in [0.5, 0.6) is 5.75 Å². The number of aromatic hydroxyl groups is 1. The lowest BCUT2D eigenvalue weighted by molar-refractivity contribution is 0.0637. The Labute approximate surface area is 209 Å². The molecule has 0 atom stereocenters. The maximum absolute atomic E-state index is 13.7. The van der Waals surface area contributed by atoms with E-state index in [-0.39, 0.29) is 23.7 Å². The van der Waals surface area contributed by atoms with Crippen molar-refractivity contribution in [1.82, 2.24) is 19.4 Å². The molecular formula is C26H21BrN4O4. The minimum absolute atomic E-state index is 0.105. The van der Waals surface area contributed by atoms with Gasteiger partial charge < -0.3 is 10.0 Å². The van der Waals surface area contributed by atoms with Crippen molar-refractivity contribution < 1.29 is 14.7 Å². The molecule has 176 valence electrons. The van der Waals surface area contributed by atoms with E-state index in [0.29, 0.717) is 39.8 Å². The highest BCUT2D eigenvalue weighted by Gasteiger charge is 2.36. The van der Waals surface area contributed by atoms with Crippen LogP contribution in [0, 0.1) is 0 Å². The van der Waals surface area contributed by atoms with Gasteiger partial charge in [0.2, 0.25) is 0 Å². The Morgan fingerprint density at radius 2 is 1.63 bits per heavy atom. The topological polar surface area (TPSA) is 95.7 Å². The molecule has 1 aliphatic heterocycles. The van der Waals surface area contributed by atoms with Crippen molar-refractivity contribution in [2.24, 2.45) is 0 Å². The van der Waals surface area contributed by atoms with Gasteiger partial charge in [-0.3, -0.25) is 23.9 Å². The molecule has 1 aromatic heterocycles. The monoisotopic (exact) mass is 532 g/mol. The van der Waals surface area contributed by atoms with E-state index in [9.17, 15) is 19.5 Å². The molecule has 0 unspecified atom stereocenters. The zero-order valence-electron chi connectivity index (χ0n) is 19.0. The normalized spacial score (nSPS) is 13.2. The predicted molar refractivity (Wildman–Crippen MR) is 135 cm³/mol. The first kappa shape index (κ1) is 22.9. The molecule has 9 heteroatoms. The molecule has 5 rings (SSSR count). The standard InChI is InChI=1S/C26H21BrN4O4/c1-29(2)13-15-11-17(8-10-22(15)32)31-23(28-21-9-7-16(27)12-20(21)26(31)35)14-30-24(33)18-5-3-4-6-19(18)25(30)34/h3-12,32H,13-14H2,1-2H3. The Kier molecular flexibility index (Phi) is 5.74. The van der Waals surface area contributed by atoms with E-state index in [1.165, 1.54) is 10.6 Å². The minimum Gasteiger partial charge on any atom is -0.508 e. The second kappa shape index (κ2) is 8.75. The van der Waals surface area contributed by atoms with Crippen molar-refractivity contribution in [3.05, 3.63) is 98.0 Å². The van der Waals surface area contributed by atoms with Crippen molar-refractivity contribution in [3.8, 4) is 11.4 Å². The first-order valence-electron chi connectivity index (χ1n) is 10.9. The van der Waals surface area contributed by atoms with Crippen LogP contribution in [-0.2, 0) is 13.1 Å². The second-order valence-corrected chi connectivity index (χ2v) is 9.54. The van der Waals surface area contributed by atoms with Crippen LogP contribution in [0.2, 0.25) is 0 Å². The van der Waals surface area contributed by atoms with E-state index in [4.69, 9.17) is 0 Å². The number of hydrogen-bond donors (Lipinski definition) is 1. The maximum Gasteiger partial charge on any atom is 0.266 e.